The first-order chi connectivity index (χ1) is 4.63. The summed E-state index contributed by atoms with van der Waals surface area (Å²) in [6.07, 6.45) is -1.10. The average molecular weight is 213 g/mol. The van der Waals surface area contributed by atoms with Gasteiger partial charge in [-0.1, -0.05) is 15.9 Å². The van der Waals surface area contributed by atoms with E-state index in [9.17, 15) is 4.79 Å². The summed E-state index contributed by atoms with van der Waals surface area (Å²) in [4.78, 5) is 9.73. The quantitative estimate of drug-likeness (QED) is 0.479. The number of carbonyl (C=O) groups is 1. The van der Waals surface area contributed by atoms with E-state index in [2.05, 4.69) is 20.7 Å². The van der Waals surface area contributed by atoms with Gasteiger partial charge in [0, 0.05) is 0 Å². The highest BCUT2D eigenvalue weighted by Crippen LogP contribution is 2.06. The number of aliphatic hydroxyl groups excluding tert-OH is 2. The second kappa shape index (κ2) is 4.65. The Morgan fingerprint density at radius 2 is 2.30 bits per heavy atom. The number of esters is 1. The van der Waals surface area contributed by atoms with E-state index < -0.39 is 23.5 Å². The number of methoxy groups -OCH3 is 1. The van der Waals surface area contributed by atoms with Crippen molar-refractivity contribution in [2.45, 2.75) is 10.9 Å². The molecule has 0 heterocycles. The zero-order valence-corrected chi connectivity index (χ0v) is 7.04. The van der Waals surface area contributed by atoms with E-state index in [-0.39, 0.29) is 0 Å². The Labute approximate surface area is 66.9 Å². The zero-order chi connectivity index (χ0) is 8.15. The number of alkyl halides is 1. The molecule has 0 aliphatic heterocycles. The largest absolute Gasteiger partial charge is 0.468 e. The van der Waals surface area contributed by atoms with Crippen LogP contribution in [0.1, 0.15) is 0 Å². The normalized spacial score (nSPS) is 16.0. The van der Waals surface area contributed by atoms with Crippen molar-refractivity contribution in [2.75, 3.05) is 13.7 Å². The maximum absolute atomic E-state index is 10.6. The molecule has 0 aromatic heterocycles. The van der Waals surface area contributed by atoms with E-state index in [4.69, 9.17) is 10.2 Å². The molecule has 0 bridgehead atoms. The fourth-order valence-electron chi connectivity index (χ4n) is 0.362. The summed E-state index contributed by atoms with van der Waals surface area (Å²) < 4.78 is 4.28. The van der Waals surface area contributed by atoms with Crippen molar-refractivity contribution < 1.29 is 19.7 Å². The second-order valence-corrected chi connectivity index (χ2v) is 2.66. The van der Waals surface area contributed by atoms with Crippen LogP contribution in [0.15, 0.2) is 0 Å². The number of hydrogen-bond donors (Lipinski definition) is 2. The Hall–Kier alpha value is -0.130. The van der Waals surface area contributed by atoms with Gasteiger partial charge in [-0.05, 0) is 0 Å². The number of halogens is 1. The second-order valence-electron chi connectivity index (χ2n) is 1.67. The minimum Gasteiger partial charge on any atom is -0.468 e. The fourth-order valence-corrected chi connectivity index (χ4v) is 0.716. The van der Waals surface area contributed by atoms with E-state index in [1.165, 1.54) is 7.11 Å². The molecule has 10 heavy (non-hydrogen) atoms. The van der Waals surface area contributed by atoms with E-state index in [0.29, 0.717) is 0 Å². The van der Waals surface area contributed by atoms with Crippen LogP contribution in [0.4, 0.5) is 0 Å². The van der Waals surface area contributed by atoms with E-state index in [1.54, 1.807) is 0 Å². The van der Waals surface area contributed by atoms with Gasteiger partial charge in [0.25, 0.3) is 0 Å². The van der Waals surface area contributed by atoms with Gasteiger partial charge in [0.15, 0.2) is 0 Å². The van der Waals surface area contributed by atoms with Gasteiger partial charge in [-0.2, -0.15) is 0 Å². The SMILES string of the molecule is COC(=O)[C@H](Br)[C@H](O)CO. The number of carbonyl (C=O) groups excluding carboxylic acids is 1. The highest BCUT2D eigenvalue weighted by molar-refractivity contribution is 9.10. The van der Waals surface area contributed by atoms with Gasteiger partial charge >= 0.3 is 5.97 Å². The predicted octanol–water partition coefficient (Wildman–Crippen LogP) is -0.724. The molecule has 2 N–H and O–H groups in total. The molecule has 0 saturated heterocycles. The minimum atomic E-state index is -1.10. The fraction of sp³-hybridized carbons (Fsp3) is 0.800. The lowest BCUT2D eigenvalue weighted by Gasteiger charge is -2.11. The van der Waals surface area contributed by atoms with Crippen molar-refractivity contribution in [1.82, 2.24) is 0 Å². The van der Waals surface area contributed by atoms with Gasteiger partial charge in [-0.25, -0.2) is 0 Å². The van der Waals surface area contributed by atoms with Gasteiger partial charge in [0.1, 0.15) is 10.9 Å². The molecule has 0 aromatic carbocycles. The lowest BCUT2D eigenvalue weighted by atomic mass is 10.3. The van der Waals surface area contributed by atoms with Gasteiger partial charge in [-0.15, -0.1) is 0 Å². The molecule has 0 saturated carbocycles. The summed E-state index contributed by atoms with van der Waals surface area (Å²) in [5.74, 6) is -0.596. The molecule has 2 atom stereocenters. The highest BCUT2D eigenvalue weighted by Gasteiger charge is 2.23. The molecular weight excluding hydrogens is 204 g/mol. The van der Waals surface area contributed by atoms with Crippen molar-refractivity contribution >= 4 is 21.9 Å². The van der Waals surface area contributed by atoms with E-state index in [0.717, 1.165) is 0 Å². The Morgan fingerprint density at radius 1 is 1.80 bits per heavy atom. The number of hydrogen-bond acceptors (Lipinski definition) is 4. The Kier molecular flexibility index (Phi) is 4.59. The number of rotatable bonds is 3. The van der Waals surface area contributed by atoms with Crippen LogP contribution in [0.3, 0.4) is 0 Å². The summed E-state index contributed by atoms with van der Waals surface area (Å²) in [6.45, 7) is -0.467. The van der Waals surface area contributed by atoms with Crippen molar-refractivity contribution in [3.05, 3.63) is 0 Å². The van der Waals surface area contributed by atoms with E-state index >= 15 is 0 Å². The molecule has 0 unspecified atom stereocenters. The van der Waals surface area contributed by atoms with Gasteiger partial charge < -0.3 is 14.9 Å². The van der Waals surface area contributed by atoms with Crippen LogP contribution >= 0.6 is 15.9 Å². The monoisotopic (exact) mass is 212 g/mol. The highest BCUT2D eigenvalue weighted by atomic mass is 79.9. The van der Waals surface area contributed by atoms with Crippen LogP contribution in [0.5, 0.6) is 0 Å². The van der Waals surface area contributed by atoms with Crippen LogP contribution < -0.4 is 0 Å². The van der Waals surface area contributed by atoms with Crippen molar-refractivity contribution in [2.24, 2.45) is 0 Å². The standard InChI is InChI=1S/C5H9BrO4/c1-10-5(9)4(6)3(8)2-7/h3-4,7-8H,2H2,1H3/t3-,4-/m1/s1. The molecule has 0 fully saturated rings. The molecule has 4 nitrogen and oxygen atoms in total. The molecule has 0 aromatic rings. The molecule has 0 spiro atoms. The van der Waals surface area contributed by atoms with Crippen LogP contribution in [-0.2, 0) is 9.53 Å². The number of aliphatic hydroxyl groups is 2. The lowest BCUT2D eigenvalue weighted by Crippen LogP contribution is -2.32. The Morgan fingerprint density at radius 3 is 2.60 bits per heavy atom. The van der Waals surface area contributed by atoms with Crippen LogP contribution in [0, 0.1) is 0 Å². The molecule has 5 heteroatoms. The maximum atomic E-state index is 10.6. The summed E-state index contributed by atoms with van der Waals surface area (Å²) in [7, 11) is 1.21. The van der Waals surface area contributed by atoms with Crippen molar-refractivity contribution in [3.63, 3.8) is 0 Å². The Bertz CT molecular complexity index is 116. The number of ether oxygens (including phenoxy) is 1. The third-order valence-electron chi connectivity index (χ3n) is 0.951. The summed E-state index contributed by atoms with van der Waals surface area (Å²) >= 11 is 2.84. The zero-order valence-electron chi connectivity index (χ0n) is 5.45. The molecule has 60 valence electrons. The molecular formula is C5H9BrO4. The van der Waals surface area contributed by atoms with Crippen molar-refractivity contribution in [3.8, 4) is 0 Å². The van der Waals surface area contributed by atoms with Gasteiger partial charge in [0.2, 0.25) is 0 Å². The van der Waals surface area contributed by atoms with Crippen molar-refractivity contribution in [1.29, 1.82) is 0 Å². The van der Waals surface area contributed by atoms with Crippen LogP contribution in [-0.4, -0.2) is 40.8 Å². The molecule has 0 aliphatic carbocycles. The molecule has 0 aliphatic rings. The third-order valence-corrected chi connectivity index (χ3v) is 1.94. The average Bonchev–Trinajstić information content (AvgIpc) is 2.00. The first kappa shape index (κ1) is 9.87. The molecule has 0 rings (SSSR count). The predicted molar refractivity (Wildman–Crippen MR) is 37.8 cm³/mol. The smallest absolute Gasteiger partial charge is 0.322 e. The van der Waals surface area contributed by atoms with Crippen LogP contribution in [0.25, 0.3) is 0 Å². The molecule has 0 radical (unpaired) electrons. The third kappa shape index (κ3) is 2.64. The van der Waals surface area contributed by atoms with Gasteiger partial charge in [-0.3, -0.25) is 4.79 Å². The summed E-state index contributed by atoms with van der Waals surface area (Å²) in [6, 6.07) is 0. The van der Waals surface area contributed by atoms with E-state index in [1.807, 2.05) is 0 Å². The van der Waals surface area contributed by atoms with Crippen LogP contribution in [0.2, 0.25) is 0 Å². The first-order valence-corrected chi connectivity index (χ1v) is 3.56. The lowest BCUT2D eigenvalue weighted by molar-refractivity contribution is -0.142. The Balaban J connectivity index is 3.81. The van der Waals surface area contributed by atoms with Gasteiger partial charge in [0.05, 0.1) is 13.7 Å². The molecule has 0 amide bonds. The topological polar surface area (TPSA) is 66.8 Å². The minimum absolute atomic E-state index is 0.467. The maximum Gasteiger partial charge on any atom is 0.322 e. The summed E-state index contributed by atoms with van der Waals surface area (Å²) in [5.41, 5.74) is 0. The summed E-state index contributed by atoms with van der Waals surface area (Å²) in [5, 5.41) is 17.2. The first-order valence-electron chi connectivity index (χ1n) is 2.64.